The van der Waals surface area contributed by atoms with Crippen LogP contribution in [0.2, 0.25) is 0 Å². The van der Waals surface area contributed by atoms with Crippen LogP contribution in [0.25, 0.3) is 0 Å². The molecule has 0 spiro atoms. The van der Waals surface area contributed by atoms with Gasteiger partial charge in [0, 0.05) is 6.42 Å². The van der Waals surface area contributed by atoms with E-state index in [1.807, 2.05) is 13.0 Å². The second-order valence-corrected chi connectivity index (χ2v) is 13.0. The van der Waals surface area contributed by atoms with Gasteiger partial charge in [0.2, 0.25) is 5.91 Å². The van der Waals surface area contributed by atoms with Crippen molar-refractivity contribution in [2.75, 3.05) is 6.61 Å². The minimum Gasteiger partial charge on any atom is -0.394 e. The van der Waals surface area contributed by atoms with Crippen molar-refractivity contribution in [3.63, 3.8) is 0 Å². The average molecular weight is 606 g/mol. The second kappa shape index (κ2) is 35.4. The number of allylic oxidation sites excluding steroid dienone is 3. The highest BCUT2D eigenvalue weighted by Gasteiger charge is 2.17. The molecule has 0 aliphatic carbocycles. The predicted molar refractivity (Wildman–Crippen MR) is 189 cm³/mol. The first-order valence-corrected chi connectivity index (χ1v) is 19.1. The Morgan fingerprint density at radius 3 is 1.30 bits per heavy atom. The Hall–Kier alpha value is -1.13. The van der Waals surface area contributed by atoms with E-state index in [1.54, 1.807) is 6.08 Å². The number of amides is 1. The summed E-state index contributed by atoms with van der Waals surface area (Å²) in [5, 5.41) is 22.2. The molecule has 0 aromatic heterocycles. The molecule has 0 aromatic rings. The molecule has 0 radical (unpaired) electrons. The van der Waals surface area contributed by atoms with E-state index in [0.29, 0.717) is 6.42 Å². The molecule has 1 amide bonds. The highest BCUT2D eigenvalue weighted by molar-refractivity contribution is 5.76. The summed E-state index contributed by atoms with van der Waals surface area (Å²) in [5.41, 5.74) is 0. The molecular formula is C39H75NO3. The van der Waals surface area contributed by atoms with Crippen LogP contribution < -0.4 is 5.32 Å². The molecule has 0 saturated carbocycles. The summed E-state index contributed by atoms with van der Waals surface area (Å²) in [7, 11) is 0. The van der Waals surface area contributed by atoms with Crippen LogP contribution in [0.3, 0.4) is 0 Å². The molecule has 0 bridgehead atoms. The van der Waals surface area contributed by atoms with Crippen molar-refractivity contribution in [2.45, 2.75) is 212 Å². The normalized spacial score (nSPS) is 13.3. The number of rotatable bonds is 34. The lowest BCUT2D eigenvalue weighted by molar-refractivity contribution is -0.122. The van der Waals surface area contributed by atoms with Gasteiger partial charge in [-0.2, -0.15) is 0 Å². The lowest BCUT2D eigenvalue weighted by Gasteiger charge is -2.19. The summed E-state index contributed by atoms with van der Waals surface area (Å²) >= 11 is 0. The molecule has 2 atom stereocenters. The third kappa shape index (κ3) is 32.1. The lowest BCUT2D eigenvalue weighted by Crippen LogP contribution is -2.45. The maximum absolute atomic E-state index is 11.7. The van der Waals surface area contributed by atoms with Gasteiger partial charge in [-0.25, -0.2) is 0 Å². The van der Waals surface area contributed by atoms with Gasteiger partial charge in [-0.3, -0.25) is 4.79 Å². The van der Waals surface area contributed by atoms with Crippen LogP contribution in [-0.4, -0.2) is 34.9 Å². The van der Waals surface area contributed by atoms with E-state index in [0.717, 1.165) is 25.7 Å². The number of carbonyl (C=O) groups excluding carboxylic acids is 1. The van der Waals surface area contributed by atoms with Gasteiger partial charge in [0.15, 0.2) is 0 Å². The van der Waals surface area contributed by atoms with Crippen molar-refractivity contribution in [2.24, 2.45) is 0 Å². The Bertz CT molecular complexity index is 618. The van der Waals surface area contributed by atoms with Crippen molar-refractivity contribution in [3.05, 3.63) is 24.3 Å². The van der Waals surface area contributed by atoms with E-state index in [1.165, 1.54) is 154 Å². The van der Waals surface area contributed by atoms with Gasteiger partial charge in [0.25, 0.3) is 0 Å². The molecule has 0 aliphatic heterocycles. The van der Waals surface area contributed by atoms with E-state index < -0.39 is 12.1 Å². The third-order valence-electron chi connectivity index (χ3n) is 8.66. The van der Waals surface area contributed by atoms with Crippen LogP contribution >= 0.6 is 0 Å². The number of carbonyl (C=O) groups is 1. The molecule has 0 aromatic carbocycles. The molecule has 0 aliphatic rings. The summed E-state index contributed by atoms with van der Waals surface area (Å²) in [6.45, 7) is 3.97. The van der Waals surface area contributed by atoms with E-state index in [-0.39, 0.29) is 12.5 Å². The number of hydrogen-bond acceptors (Lipinski definition) is 3. The first-order chi connectivity index (χ1) is 21.2. The van der Waals surface area contributed by atoms with Crippen LogP contribution in [0, 0.1) is 0 Å². The Balaban J connectivity index is 3.33. The largest absolute Gasteiger partial charge is 0.394 e. The van der Waals surface area contributed by atoms with Gasteiger partial charge < -0.3 is 15.5 Å². The number of unbranched alkanes of at least 4 members (excludes halogenated alkanes) is 25. The van der Waals surface area contributed by atoms with Crippen LogP contribution in [0.4, 0.5) is 0 Å². The molecule has 0 heterocycles. The topological polar surface area (TPSA) is 69.6 Å². The Morgan fingerprint density at radius 2 is 0.907 bits per heavy atom. The minimum atomic E-state index is -0.853. The average Bonchev–Trinajstić information content (AvgIpc) is 3.00. The molecule has 0 rings (SSSR count). The van der Waals surface area contributed by atoms with Crippen LogP contribution in [-0.2, 0) is 4.79 Å². The Labute approximate surface area is 269 Å². The van der Waals surface area contributed by atoms with Gasteiger partial charge in [0.05, 0.1) is 18.8 Å². The minimum absolute atomic E-state index is 0.127. The number of aliphatic hydroxyl groups excluding tert-OH is 2. The van der Waals surface area contributed by atoms with Gasteiger partial charge >= 0.3 is 0 Å². The van der Waals surface area contributed by atoms with Gasteiger partial charge in [-0.15, -0.1) is 0 Å². The van der Waals surface area contributed by atoms with Gasteiger partial charge in [-0.1, -0.05) is 186 Å². The fourth-order valence-electron chi connectivity index (χ4n) is 5.77. The fraction of sp³-hybridized carbons (Fsp3) is 0.872. The van der Waals surface area contributed by atoms with E-state index in [4.69, 9.17) is 0 Å². The molecule has 3 N–H and O–H groups in total. The van der Waals surface area contributed by atoms with Crippen molar-refractivity contribution in [1.82, 2.24) is 5.32 Å². The highest BCUT2D eigenvalue weighted by atomic mass is 16.3. The smallest absolute Gasteiger partial charge is 0.220 e. The quantitative estimate of drug-likeness (QED) is 0.0505. The number of aliphatic hydroxyl groups is 2. The van der Waals surface area contributed by atoms with Gasteiger partial charge in [-0.05, 0) is 32.1 Å². The first kappa shape index (κ1) is 41.9. The van der Waals surface area contributed by atoms with Crippen molar-refractivity contribution in [1.29, 1.82) is 0 Å². The standard InChI is InChI=1S/C39H75NO3/c1-3-5-6-7-8-9-10-11-12-13-14-15-16-17-18-19-20-21-22-23-24-25-26-27-28-29-30-31-32-33-35-38(42)37(36-41)40-39(43)34-4-2/h29-30,33,35,37-38,41-42H,3-28,31-32,34,36H2,1-2H3,(H,40,43)/b30-29+,35-33+. The number of hydrogen-bond donors (Lipinski definition) is 3. The molecule has 4 heteroatoms. The Morgan fingerprint density at radius 1 is 0.535 bits per heavy atom. The van der Waals surface area contributed by atoms with Gasteiger partial charge in [0.1, 0.15) is 0 Å². The molecule has 0 fully saturated rings. The molecule has 4 nitrogen and oxygen atoms in total. The Kier molecular flexibility index (Phi) is 34.4. The highest BCUT2D eigenvalue weighted by Crippen LogP contribution is 2.16. The molecule has 254 valence electrons. The van der Waals surface area contributed by atoms with E-state index in [9.17, 15) is 15.0 Å². The summed E-state index contributed by atoms with van der Waals surface area (Å²) in [6, 6.07) is -0.630. The van der Waals surface area contributed by atoms with Crippen LogP contribution in [0.1, 0.15) is 200 Å². The summed E-state index contributed by atoms with van der Waals surface area (Å²) in [5.74, 6) is -0.127. The molecule has 43 heavy (non-hydrogen) atoms. The predicted octanol–water partition coefficient (Wildman–Crippen LogP) is 11.3. The summed E-state index contributed by atoms with van der Waals surface area (Å²) in [6.07, 6.45) is 45.7. The molecule has 0 saturated heterocycles. The van der Waals surface area contributed by atoms with Crippen molar-refractivity contribution in [3.8, 4) is 0 Å². The van der Waals surface area contributed by atoms with Crippen molar-refractivity contribution < 1.29 is 15.0 Å². The summed E-state index contributed by atoms with van der Waals surface area (Å²) < 4.78 is 0. The van der Waals surface area contributed by atoms with Crippen LogP contribution in [0.5, 0.6) is 0 Å². The maximum Gasteiger partial charge on any atom is 0.220 e. The maximum atomic E-state index is 11.7. The van der Waals surface area contributed by atoms with E-state index in [2.05, 4.69) is 24.4 Å². The zero-order chi connectivity index (χ0) is 31.5. The monoisotopic (exact) mass is 606 g/mol. The molecular weight excluding hydrogens is 530 g/mol. The SMILES string of the molecule is CCCCCCCCCCCCCCCCCCCCCCCCCC/C=C/CC/C=C/C(O)C(CO)NC(=O)CCC. The fourth-order valence-corrected chi connectivity index (χ4v) is 5.77. The van der Waals surface area contributed by atoms with E-state index >= 15 is 0 Å². The second-order valence-electron chi connectivity index (χ2n) is 13.0. The summed E-state index contributed by atoms with van der Waals surface area (Å²) in [4.78, 5) is 11.7. The van der Waals surface area contributed by atoms with Crippen molar-refractivity contribution >= 4 is 5.91 Å². The molecule has 2 unspecified atom stereocenters. The van der Waals surface area contributed by atoms with Crippen LogP contribution in [0.15, 0.2) is 24.3 Å². The third-order valence-corrected chi connectivity index (χ3v) is 8.66. The first-order valence-electron chi connectivity index (χ1n) is 19.1. The lowest BCUT2D eigenvalue weighted by atomic mass is 10.0. The zero-order valence-electron chi connectivity index (χ0n) is 29.0. The number of nitrogens with one attached hydrogen (secondary N) is 1. The zero-order valence-corrected chi connectivity index (χ0v) is 29.0.